The number of carbonyl (C=O) groups excluding carboxylic acids is 3. The molecule has 6 heteroatoms. The Kier molecular flexibility index (Phi) is 5.42. The van der Waals surface area contributed by atoms with Gasteiger partial charge >= 0.3 is 0 Å². The van der Waals surface area contributed by atoms with Crippen molar-refractivity contribution < 1.29 is 19.0 Å². The van der Waals surface area contributed by atoms with Gasteiger partial charge in [0, 0.05) is 31.3 Å². The minimum atomic E-state index is -0.473. The van der Waals surface area contributed by atoms with Gasteiger partial charge in [0.05, 0.1) is 5.56 Å². The van der Waals surface area contributed by atoms with E-state index in [1.165, 1.54) is 13.8 Å². The van der Waals surface area contributed by atoms with Crippen molar-refractivity contribution in [2.24, 2.45) is 0 Å². The van der Waals surface area contributed by atoms with Gasteiger partial charge in [-0.1, -0.05) is 0 Å². The van der Waals surface area contributed by atoms with Gasteiger partial charge in [-0.25, -0.2) is 0 Å². The van der Waals surface area contributed by atoms with E-state index in [9.17, 15) is 14.4 Å². The number of nitrogens with zero attached hydrogens (tertiary/aromatic N) is 1. The topological polar surface area (TPSA) is 79.2 Å². The van der Waals surface area contributed by atoms with Crippen LogP contribution < -0.4 is 15.2 Å². The van der Waals surface area contributed by atoms with Crippen LogP contribution in [-0.4, -0.2) is 17.6 Å². The van der Waals surface area contributed by atoms with Crippen LogP contribution in [0.25, 0.3) is 0 Å². The predicted octanol–water partition coefficient (Wildman–Crippen LogP) is 2.33. The summed E-state index contributed by atoms with van der Waals surface area (Å²) in [4.78, 5) is 34.8. The minimum Gasteiger partial charge on any atom is -0.326 e. The maximum absolute atomic E-state index is 12.4. The lowest BCUT2D eigenvalue weighted by Gasteiger charge is -2.10. The first-order valence-corrected chi connectivity index (χ1v) is 7.57. The summed E-state index contributed by atoms with van der Waals surface area (Å²) in [6, 6.07) is 9.84. The number of Topliss-reactive ketones (excluding diaryl/α,β-unsaturated/α-hetero) is 1. The van der Waals surface area contributed by atoms with E-state index in [1.54, 1.807) is 60.3 Å². The van der Waals surface area contributed by atoms with Crippen LogP contribution in [0.2, 0.25) is 0 Å². The third-order valence-corrected chi connectivity index (χ3v) is 3.53. The van der Waals surface area contributed by atoms with Crippen molar-refractivity contribution in [3.63, 3.8) is 0 Å². The van der Waals surface area contributed by atoms with Crippen LogP contribution in [0.5, 0.6) is 0 Å². The second kappa shape index (κ2) is 7.50. The summed E-state index contributed by atoms with van der Waals surface area (Å²) in [7, 11) is 0. The molecule has 2 aromatic rings. The Labute approximate surface area is 140 Å². The number of ketones is 1. The molecular formula is C18H20N3O3+. The molecule has 1 heterocycles. The minimum absolute atomic E-state index is 0.0504. The van der Waals surface area contributed by atoms with Crippen LogP contribution in [0, 0.1) is 0 Å². The van der Waals surface area contributed by atoms with Crippen LogP contribution in [0.15, 0.2) is 48.8 Å². The molecule has 6 nitrogen and oxygen atoms in total. The van der Waals surface area contributed by atoms with E-state index in [1.807, 2.05) is 0 Å². The Balaban J connectivity index is 2.07. The van der Waals surface area contributed by atoms with Gasteiger partial charge in [0.2, 0.25) is 11.9 Å². The van der Waals surface area contributed by atoms with Crippen LogP contribution in [0.1, 0.15) is 37.2 Å². The molecule has 0 bridgehead atoms. The highest BCUT2D eigenvalue weighted by Gasteiger charge is 2.22. The average molecular weight is 326 g/mol. The summed E-state index contributed by atoms with van der Waals surface area (Å²) in [5.74, 6) is -0.402. The summed E-state index contributed by atoms with van der Waals surface area (Å²) in [5.41, 5.74) is 1.85. The lowest BCUT2D eigenvalue weighted by Crippen LogP contribution is -2.44. The molecule has 2 N–H and O–H groups in total. The van der Waals surface area contributed by atoms with Crippen LogP contribution in [0.3, 0.4) is 0 Å². The Morgan fingerprint density at radius 3 is 2.08 bits per heavy atom. The van der Waals surface area contributed by atoms with Gasteiger partial charge in [0.15, 0.2) is 18.2 Å². The summed E-state index contributed by atoms with van der Waals surface area (Å²) in [5, 5.41) is 5.48. The molecule has 0 saturated heterocycles. The molecule has 0 unspecified atom stereocenters. The van der Waals surface area contributed by atoms with Crippen LogP contribution in [0.4, 0.5) is 11.4 Å². The zero-order valence-electron chi connectivity index (χ0n) is 13.9. The van der Waals surface area contributed by atoms with Gasteiger partial charge in [0.1, 0.15) is 0 Å². The van der Waals surface area contributed by atoms with Crippen LogP contribution in [-0.2, 0) is 9.59 Å². The summed E-state index contributed by atoms with van der Waals surface area (Å²) in [6.45, 7) is 4.68. The van der Waals surface area contributed by atoms with Crippen molar-refractivity contribution in [2.45, 2.75) is 26.8 Å². The standard InChI is InChI=1S/C18H19N3O3/c1-12(21-10-4-5-15(11-21)13(2)22)18(24)20-17-8-6-16(7-9-17)19-14(3)23/h4-12H,1-3H3,(H-,19,20,23,24)/p+1/t12-/m1/s1. The number of nitrogens with one attached hydrogen (secondary N) is 2. The van der Waals surface area contributed by atoms with Crippen molar-refractivity contribution in [3.8, 4) is 0 Å². The van der Waals surface area contributed by atoms with E-state index < -0.39 is 6.04 Å². The molecule has 0 radical (unpaired) electrons. The number of hydrogen-bond donors (Lipinski definition) is 2. The molecule has 1 aromatic heterocycles. The molecular weight excluding hydrogens is 306 g/mol. The maximum atomic E-state index is 12.4. The van der Waals surface area contributed by atoms with E-state index in [-0.39, 0.29) is 17.6 Å². The first-order valence-electron chi connectivity index (χ1n) is 7.57. The second-order valence-electron chi connectivity index (χ2n) is 5.52. The normalized spacial score (nSPS) is 11.5. The maximum Gasteiger partial charge on any atom is 0.293 e. The van der Waals surface area contributed by atoms with Crippen molar-refractivity contribution in [1.29, 1.82) is 0 Å². The molecule has 1 atom stereocenters. The number of hydrogen-bond acceptors (Lipinski definition) is 3. The van der Waals surface area contributed by atoms with E-state index in [0.29, 0.717) is 16.9 Å². The fourth-order valence-electron chi connectivity index (χ4n) is 2.16. The van der Waals surface area contributed by atoms with Gasteiger partial charge in [-0.05, 0) is 37.3 Å². The van der Waals surface area contributed by atoms with Gasteiger partial charge in [0.25, 0.3) is 5.91 Å². The molecule has 0 aliphatic rings. The highest BCUT2D eigenvalue weighted by molar-refractivity contribution is 5.94. The molecule has 0 fully saturated rings. The number of benzene rings is 1. The van der Waals surface area contributed by atoms with E-state index in [4.69, 9.17) is 0 Å². The van der Waals surface area contributed by atoms with Crippen LogP contribution >= 0.6 is 0 Å². The summed E-state index contributed by atoms with van der Waals surface area (Å²) >= 11 is 0. The number of aromatic nitrogens is 1. The van der Waals surface area contributed by atoms with Crippen molar-refractivity contribution in [2.75, 3.05) is 10.6 Å². The average Bonchev–Trinajstić information content (AvgIpc) is 2.55. The first kappa shape index (κ1) is 17.3. The Morgan fingerprint density at radius 2 is 1.54 bits per heavy atom. The predicted molar refractivity (Wildman–Crippen MR) is 90.7 cm³/mol. The van der Waals surface area contributed by atoms with Crippen molar-refractivity contribution in [3.05, 3.63) is 54.4 Å². The molecule has 1 aromatic carbocycles. The lowest BCUT2D eigenvalue weighted by atomic mass is 10.2. The quantitative estimate of drug-likeness (QED) is 0.654. The second-order valence-corrected chi connectivity index (χ2v) is 5.52. The first-order chi connectivity index (χ1) is 11.4. The third kappa shape index (κ3) is 4.49. The molecule has 0 saturated carbocycles. The molecule has 0 spiro atoms. The zero-order chi connectivity index (χ0) is 17.7. The highest BCUT2D eigenvalue weighted by Crippen LogP contribution is 2.14. The zero-order valence-corrected chi connectivity index (χ0v) is 13.9. The monoisotopic (exact) mass is 326 g/mol. The highest BCUT2D eigenvalue weighted by atomic mass is 16.2. The lowest BCUT2D eigenvalue weighted by molar-refractivity contribution is -0.705. The summed E-state index contributed by atoms with van der Waals surface area (Å²) in [6.07, 6.45) is 3.41. The SMILES string of the molecule is CC(=O)Nc1ccc(NC(=O)[C@@H](C)[n+]2cccc(C(C)=O)c2)cc1. The molecule has 0 aliphatic carbocycles. The van der Waals surface area contributed by atoms with E-state index >= 15 is 0 Å². The van der Waals surface area contributed by atoms with Crippen molar-refractivity contribution >= 4 is 29.0 Å². The van der Waals surface area contributed by atoms with E-state index in [2.05, 4.69) is 10.6 Å². The Hall–Kier alpha value is -3.02. The number of rotatable bonds is 5. The third-order valence-electron chi connectivity index (χ3n) is 3.53. The van der Waals surface area contributed by atoms with Crippen molar-refractivity contribution in [1.82, 2.24) is 0 Å². The molecule has 2 rings (SSSR count). The largest absolute Gasteiger partial charge is 0.326 e. The molecule has 124 valence electrons. The van der Waals surface area contributed by atoms with Gasteiger partial charge < -0.3 is 10.6 Å². The fourth-order valence-corrected chi connectivity index (χ4v) is 2.16. The number of amides is 2. The Bertz CT molecular complexity index is 769. The molecule has 2 amide bonds. The number of anilines is 2. The summed E-state index contributed by atoms with van der Waals surface area (Å²) < 4.78 is 1.69. The van der Waals surface area contributed by atoms with Gasteiger partial charge in [-0.2, -0.15) is 4.57 Å². The number of carbonyl (C=O) groups is 3. The van der Waals surface area contributed by atoms with Gasteiger partial charge in [-0.15, -0.1) is 0 Å². The van der Waals surface area contributed by atoms with Gasteiger partial charge in [-0.3, -0.25) is 14.4 Å². The smallest absolute Gasteiger partial charge is 0.293 e. The van der Waals surface area contributed by atoms with E-state index in [0.717, 1.165) is 0 Å². The molecule has 0 aliphatic heterocycles. The Morgan fingerprint density at radius 1 is 0.958 bits per heavy atom. The number of pyridine rings is 1. The fraction of sp³-hybridized carbons (Fsp3) is 0.222. The molecule has 24 heavy (non-hydrogen) atoms.